The first-order valence-corrected chi connectivity index (χ1v) is 13.9. The number of Topliss-reactive ketones (excluding diaryl/α,β-unsaturated/α-hetero) is 1. The van der Waals surface area contributed by atoms with Gasteiger partial charge in [-0.05, 0) is 73.9 Å². The second kappa shape index (κ2) is 11.9. The maximum atomic E-state index is 13.5. The van der Waals surface area contributed by atoms with Gasteiger partial charge in [0.2, 0.25) is 0 Å². The average molecular weight is 546 g/mol. The maximum Gasteiger partial charge on any atom is 0.296 e. The summed E-state index contributed by atoms with van der Waals surface area (Å²) in [6.45, 7) is 7.04. The van der Waals surface area contributed by atoms with Crippen LogP contribution in [-0.4, -0.2) is 41.0 Å². The van der Waals surface area contributed by atoms with E-state index in [-0.39, 0.29) is 24.0 Å². The van der Waals surface area contributed by atoms with Gasteiger partial charge in [0.25, 0.3) is 11.7 Å². The van der Waals surface area contributed by atoms with E-state index in [9.17, 15) is 14.7 Å². The zero-order valence-corrected chi connectivity index (χ0v) is 23.1. The van der Waals surface area contributed by atoms with Crippen LogP contribution in [0.5, 0.6) is 17.2 Å². The summed E-state index contributed by atoms with van der Waals surface area (Å²) >= 11 is 0. The second-order valence-electron chi connectivity index (χ2n) is 10.2. The van der Waals surface area contributed by atoms with Crippen LogP contribution in [-0.2, 0) is 22.6 Å². The van der Waals surface area contributed by atoms with Crippen molar-refractivity contribution in [3.8, 4) is 17.2 Å². The van der Waals surface area contributed by atoms with Crippen LogP contribution in [0.3, 0.4) is 0 Å². The fourth-order valence-corrected chi connectivity index (χ4v) is 5.30. The van der Waals surface area contributed by atoms with Crippen molar-refractivity contribution < 1.29 is 33.3 Å². The molecule has 8 heteroatoms. The number of nitrogens with zero attached hydrogens (tertiary/aromatic N) is 1. The number of amides is 1. The molecule has 2 aromatic carbocycles. The Bertz CT molecular complexity index is 1410. The highest BCUT2D eigenvalue weighted by molar-refractivity contribution is 6.46. The third kappa shape index (κ3) is 5.43. The van der Waals surface area contributed by atoms with Crippen molar-refractivity contribution >= 4 is 17.4 Å². The molecule has 2 unspecified atom stereocenters. The number of aliphatic hydroxyl groups excluding tert-OH is 1. The monoisotopic (exact) mass is 545 g/mol. The number of carbonyl (C=O) groups is 2. The summed E-state index contributed by atoms with van der Waals surface area (Å²) in [4.78, 5) is 28.3. The molecule has 5 rings (SSSR count). The van der Waals surface area contributed by atoms with Crippen LogP contribution in [0, 0.1) is 0 Å². The molecule has 40 heavy (non-hydrogen) atoms. The second-order valence-corrected chi connectivity index (χ2v) is 10.2. The number of benzene rings is 2. The van der Waals surface area contributed by atoms with Crippen LogP contribution in [0.4, 0.5) is 0 Å². The van der Waals surface area contributed by atoms with Gasteiger partial charge in [0.05, 0.1) is 37.6 Å². The quantitative estimate of drug-likeness (QED) is 0.133. The van der Waals surface area contributed by atoms with Crippen LogP contribution in [0.15, 0.2) is 64.8 Å². The van der Waals surface area contributed by atoms with Crippen molar-refractivity contribution in [2.75, 3.05) is 13.2 Å². The predicted octanol–water partition coefficient (Wildman–Crippen LogP) is 6.19. The van der Waals surface area contributed by atoms with Gasteiger partial charge in [0.1, 0.15) is 23.4 Å². The Balaban J connectivity index is 1.58. The van der Waals surface area contributed by atoms with Crippen LogP contribution in [0.1, 0.15) is 68.5 Å². The van der Waals surface area contributed by atoms with Crippen molar-refractivity contribution in [3.63, 3.8) is 0 Å². The van der Waals surface area contributed by atoms with Gasteiger partial charge in [-0.2, -0.15) is 0 Å². The summed E-state index contributed by atoms with van der Waals surface area (Å²) in [7, 11) is 0. The van der Waals surface area contributed by atoms with E-state index in [2.05, 4.69) is 6.92 Å². The lowest BCUT2D eigenvalue weighted by molar-refractivity contribution is -0.140. The molecule has 210 valence electrons. The molecule has 0 aliphatic carbocycles. The summed E-state index contributed by atoms with van der Waals surface area (Å²) in [5, 5.41) is 11.5. The van der Waals surface area contributed by atoms with Gasteiger partial charge < -0.3 is 28.6 Å². The molecule has 0 spiro atoms. The number of hydrogen-bond donors (Lipinski definition) is 1. The zero-order valence-electron chi connectivity index (χ0n) is 23.1. The molecule has 2 atom stereocenters. The fraction of sp³-hybridized carbons (Fsp3) is 0.375. The molecule has 1 N–H and O–H groups in total. The van der Waals surface area contributed by atoms with Crippen molar-refractivity contribution in [2.24, 2.45) is 0 Å². The SMILES string of the molecule is CCCCCOc1ccc(C2/C(=C(\O)c3ccc4c(c3)CC(C)O4)C(=O)C(=O)N2Cc2ccco2)cc1OCC. The van der Waals surface area contributed by atoms with E-state index in [4.69, 9.17) is 18.6 Å². The van der Waals surface area contributed by atoms with E-state index in [0.717, 1.165) is 30.6 Å². The highest BCUT2D eigenvalue weighted by atomic mass is 16.5. The van der Waals surface area contributed by atoms with Crippen LogP contribution >= 0.6 is 0 Å². The lowest BCUT2D eigenvalue weighted by atomic mass is 9.94. The number of ketones is 1. The average Bonchev–Trinajstić information content (AvgIpc) is 3.66. The van der Waals surface area contributed by atoms with Crippen LogP contribution in [0.2, 0.25) is 0 Å². The number of unbranched alkanes of at least 4 members (excludes halogenated alkanes) is 2. The third-order valence-corrected chi connectivity index (χ3v) is 7.20. The topological polar surface area (TPSA) is 98.4 Å². The lowest BCUT2D eigenvalue weighted by Crippen LogP contribution is -2.29. The van der Waals surface area contributed by atoms with Crippen molar-refractivity contribution in [3.05, 3.63) is 82.8 Å². The molecule has 0 bridgehead atoms. The normalized spacial score (nSPS) is 19.5. The third-order valence-electron chi connectivity index (χ3n) is 7.20. The molecule has 1 saturated heterocycles. The molecular weight excluding hydrogens is 510 g/mol. The van der Waals surface area contributed by atoms with E-state index < -0.39 is 17.7 Å². The molecule has 1 amide bonds. The number of hydrogen-bond acceptors (Lipinski definition) is 7. The Morgan fingerprint density at radius 3 is 2.65 bits per heavy atom. The van der Waals surface area contributed by atoms with Gasteiger partial charge >= 0.3 is 0 Å². The molecular formula is C32H35NO7. The highest BCUT2D eigenvalue weighted by Crippen LogP contribution is 2.43. The Morgan fingerprint density at radius 1 is 1.05 bits per heavy atom. The smallest absolute Gasteiger partial charge is 0.296 e. The Kier molecular flexibility index (Phi) is 8.14. The number of carbonyl (C=O) groups excluding carboxylic acids is 2. The molecule has 1 fully saturated rings. The standard InChI is InChI=1S/C32H35NO7/c1-4-6-7-14-39-26-13-10-21(18-27(26)37-5-2)29-28(31(35)32(36)33(29)19-24-9-8-15-38-24)30(34)22-11-12-25-23(17-22)16-20(3)40-25/h8-13,15,17-18,20,29,34H,4-7,14,16,19H2,1-3H3/b30-28+. The van der Waals surface area contributed by atoms with E-state index in [1.807, 2.05) is 26.0 Å². The largest absolute Gasteiger partial charge is 0.507 e. The van der Waals surface area contributed by atoms with Crippen LogP contribution in [0.25, 0.3) is 5.76 Å². The van der Waals surface area contributed by atoms with Crippen molar-refractivity contribution in [1.29, 1.82) is 0 Å². The minimum Gasteiger partial charge on any atom is -0.507 e. The Labute approximate surface area is 234 Å². The number of ether oxygens (including phenoxy) is 3. The van der Waals surface area contributed by atoms with Gasteiger partial charge in [0, 0.05) is 12.0 Å². The van der Waals surface area contributed by atoms with Gasteiger partial charge in [-0.1, -0.05) is 25.8 Å². The van der Waals surface area contributed by atoms with Crippen molar-refractivity contribution in [2.45, 2.75) is 65.1 Å². The number of fused-ring (bicyclic) bond motifs is 1. The first-order chi connectivity index (χ1) is 19.4. The fourth-order valence-electron chi connectivity index (χ4n) is 5.30. The summed E-state index contributed by atoms with van der Waals surface area (Å²) in [6, 6.07) is 13.3. The minimum atomic E-state index is -0.859. The first-order valence-electron chi connectivity index (χ1n) is 13.9. The van der Waals surface area contributed by atoms with E-state index >= 15 is 0 Å². The van der Waals surface area contributed by atoms with Crippen LogP contribution < -0.4 is 14.2 Å². The summed E-state index contributed by atoms with van der Waals surface area (Å²) in [5.74, 6) is 0.703. The zero-order chi connectivity index (χ0) is 28.2. The number of likely N-dealkylation sites (tertiary alicyclic amines) is 1. The molecule has 1 aromatic heterocycles. The molecule has 8 nitrogen and oxygen atoms in total. The van der Waals surface area contributed by atoms with Gasteiger partial charge in [0.15, 0.2) is 11.5 Å². The van der Waals surface area contributed by atoms with Gasteiger partial charge in [-0.15, -0.1) is 0 Å². The van der Waals surface area contributed by atoms with E-state index in [1.165, 1.54) is 11.2 Å². The van der Waals surface area contributed by atoms with Gasteiger partial charge in [-0.3, -0.25) is 9.59 Å². The van der Waals surface area contributed by atoms with E-state index in [0.29, 0.717) is 48.0 Å². The number of rotatable bonds is 11. The molecule has 3 aromatic rings. The van der Waals surface area contributed by atoms with E-state index in [1.54, 1.807) is 36.4 Å². The van der Waals surface area contributed by atoms with Crippen molar-refractivity contribution in [1.82, 2.24) is 4.90 Å². The lowest BCUT2D eigenvalue weighted by Gasteiger charge is -2.25. The number of furan rings is 1. The highest BCUT2D eigenvalue weighted by Gasteiger charge is 2.46. The molecule has 2 aliphatic heterocycles. The molecule has 0 saturated carbocycles. The maximum absolute atomic E-state index is 13.5. The summed E-state index contributed by atoms with van der Waals surface area (Å²) in [6.07, 6.45) is 5.34. The Hall–Kier alpha value is -4.20. The number of aliphatic hydroxyl groups is 1. The molecule has 0 radical (unpaired) electrons. The molecule has 3 heterocycles. The summed E-state index contributed by atoms with van der Waals surface area (Å²) < 4.78 is 23.2. The summed E-state index contributed by atoms with van der Waals surface area (Å²) in [5.41, 5.74) is 2.04. The minimum absolute atomic E-state index is 0.0162. The van der Waals surface area contributed by atoms with Gasteiger partial charge in [-0.25, -0.2) is 0 Å². The molecule has 2 aliphatic rings. The first kappa shape index (κ1) is 27.4. The Morgan fingerprint density at radius 2 is 1.90 bits per heavy atom. The predicted molar refractivity (Wildman–Crippen MR) is 149 cm³/mol.